The molecule has 0 radical (unpaired) electrons. The molecule has 0 spiro atoms. The highest BCUT2D eigenvalue weighted by molar-refractivity contribution is 6.07. The van der Waals surface area contributed by atoms with Crippen LogP contribution in [0.4, 0.5) is 5.69 Å². The van der Waals surface area contributed by atoms with Crippen LogP contribution in [0.3, 0.4) is 0 Å². The van der Waals surface area contributed by atoms with Crippen molar-refractivity contribution in [2.24, 2.45) is 0 Å². The van der Waals surface area contributed by atoms with E-state index in [1.54, 1.807) is 11.0 Å². The van der Waals surface area contributed by atoms with Gasteiger partial charge in [-0.1, -0.05) is 6.07 Å². The first-order chi connectivity index (χ1) is 10.0. The van der Waals surface area contributed by atoms with E-state index in [9.17, 15) is 9.59 Å². The lowest BCUT2D eigenvalue weighted by Gasteiger charge is -2.33. The maximum atomic E-state index is 12.7. The van der Waals surface area contributed by atoms with Gasteiger partial charge < -0.3 is 14.6 Å². The molecule has 2 heterocycles. The van der Waals surface area contributed by atoms with Gasteiger partial charge >= 0.3 is 0 Å². The van der Waals surface area contributed by atoms with Crippen LogP contribution in [0.5, 0.6) is 5.75 Å². The van der Waals surface area contributed by atoms with Crippen molar-refractivity contribution in [3.8, 4) is 5.75 Å². The second-order valence-electron chi connectivity index (χ2n) is 5.26. The van der Waals surface area contributed by atoms with Crippen LogP contribution in [0.1, 0.15) is 22.8 Å². The molecule has 0 saturated carbocycles. The predicted molar refractivity (Wildman–Crippen MR) is 80.0 cm³/mol. The lowest BCUT2D eigenvalue weighted by Crippen LogP contribution is -2.42. The second kappa shape index (κ2) is 5.09. The molecule has 108 valence electrons. The zero-order valence-electron chi connectivity index (χ0n) is 11.9. The molecule has 21 heavy (non-hydrogen) atoms. The second-order valence-corrected chi connectivity index (χ2v) is 5.26. The molecule has 1 atom stereocenters. The number of amides is 1. The lowest BCUT2D eigenvalue weighted by atomic mass is 10.1. The number of hydrogen-bond donors (Lipinski definition) is 1. The first-order valence-electron chi connectivity index (χ1n) is 6.82. The van der Waals surface area contributed by atoms with E-state index in [4.69, 9.17) is 4.74 Å². The number of fused-ring (bicyclic) bond motifs is 1. The van der Waals surface area contributed by atoms with Crippen molar-refractivity contribution < 1.29 is 9.53 Å². The van der Waals surface area contributed by atoms with Crippen LogP contribution in [0.15, 0.2) is 41.3 Å². The summed E-state index contributed by atoms with van der Waals surface area (Å²) in [4.78, 5) is 28.2. The Morgan fingerprint density at radius 3 is 2.90 bits per heavy atom. The number of H-pyrrole nitrogens is 1. The van der Waals surface area contributed by atoms with Crippen molar-refractivity contribution in [3.05, 3.63) is 58.0 Å². The summed E-state index contributed by atoms with van der Waals surface area (Å²) in [7, 11) is 0. The molecule has 2 aromatic rings. The number of nitrogens with zero attached hydrogens (tertiary/aromatic N) is 1. The van der Waals surface area contributed by atoms with Crippen molar-refractivity contribution >= 4 is 11.6 Å². The molecule has 3 rings (SSSR count). The Bertz CT molecular complexity index is 751. The molecule has 0 saturated heterocycles. The molecule has 0 bridgehead atoms. The number of carbonyl (C=O) groups is 1. The number of anilines is 1. The van der Waals surface area contributed by atoms with E-state index in [1.807, 2.05) is 32.0 Å². The number of pyridine rings is 1. The first-order valence-corrected chi connectivity index (χ1v) is 6.82. The summed E-state index contributed by atoms with van der Waals surface area (Å²) < 4.78 is 5.79. The fourth-order valence-electron chi connectivity index (χ4n) is 2.47. The number of benzene rings is 1. The van der Waals surface area contributed by atoms with Crippen LogP contribution < -0.4 is 15.2 Å². The summed E-state index contributed by atoms with van der Waals surface area (Å²) in [5.41, 5.74) is 1.90. The Morgan fingerprint density at radius 2 is 2.14 bits per heavy atom. The van der Waals surface area contributed by atoms with Crippen LogP contribution in [0.2, 0.25) is 0 Å². The summed E-state index contributed by atoms with van der Waals surface area (Å²) in [6.45, 7) is 4.36. The molecule has 0 fully saturated rings. The van der Waals surface area contributed by atoms with Gasteiger partial charge in [-0.2, -0.15) is 0 Å². The smallest absolute Gasteiger partial charge is 0.258 e. The van der Waals surface area contributed by atoms with Gasteiger partial charge in [-0.05, 0) is 37.6 Å². The highest BCUT2D eigenvalue weighted by atomic mass is 16.5. The SMILES string of the molecule is Cc1ccc2c(c1)OC(C)CN2C(=O)c1cc[nH]c(=O)c1. The Kier molecular flexibility index (Phi) is 3.25. The van der Waals surface area contributed by atoms with E-state index in [1.165, 1.54) is 12.3 Å². The summed E-state index contributed by atoms with van der Waals surface area (Å²) in [6, 6.07) is 8.66. The maximum absolute atomic E-state index is 12.7. The molecule has 1 unspecified atom stereocenters. The fraction of sp³-hybridized carbons (Fsp3) is 0.250. The molecule has 1 aromatic carbocycles. The van der Waals surface area contributed by atoms with Gasteiger partial charge in [0.15, 0.2) is 0 Å². The molecule has 5 nitrogen and oxygen atoms in total. The third-order valence-corrected chi connectivity index (χ3v) is 3.44. The molecule has 1 amide bonds. The maximum Gasteiger partial charge on any atom is 0.258 e. The van der Waals surface area contributed by atoms with E-state index in [0.29, 0.717) is 17.9 Å². The Balaban J connectivity index is 2.03. The number of hydrogen-bond acceptors (Lipinski definition) is 3. The normalized spacial score (nSPS) is 17.0. The minimum absolute atomic E-state index is 0.0924. The monoisotopic (exact) mass is 284 g/mol. The number of aromatic nitrogens is 1. The summed E-state index contributed by atoms with van der Waals surface area (Å²) in [6.07, 6.45) is 1.39. The third kappa shape index (κ3) is 2.54. The van der Waals surface area contributed by atoms with Gasteiger partial charge in [-0.15, -0.1) is 0 Å². The average molecular weight is 284 g/mol. The third-order valence-electron chi connectivity index (χ3n) is 3.44. The van der Waals surface area contributed by atoms with Crippen LogP contribution in [-0.2, 0) is 0 Å². The van der Waals surface area contributed by atoms with Crippen molar-refractivity contribution in [1.82, 2.24) is 4.98 Å². The number of rotatable bonds is 1. The lowest BCUT2D eigenvalue weighted by molar-refractivity contribution is 0.0961. The zero-order valence-corrected chi connectivity index (χ0v) is 11.9. The van der Waals surface area contributed by atoms with E-state index in [2.05, 4.69) is 4.98 Å². The molecule has 1 aromatic heterocycles. The summed E-state index contributed by atoms with van der Waals surface area (Å²) >= 11 is 0. The number of ether oxygens (including phenoxy) is 1. The predicted octanol–water partition coefficient (Wildman–Crippen LogP) is 2.11. The molecule has 5 heteroatoms. The Hall–Kier alpha value is -2.56. The highest BCUT2D eigenvalue weighted by Gasteiger charge is 2.28. The van der Waals surface area contributed by atoms with Gasteiger partial charge in [0.1, 0.15) is 11.9 Å². The van der Waals surface area contributed by atoms with Crippen molar-refractivity contribution in [2.45, 2.75) is 20.0 Å². The van der Waals surface area contributed by atoms with E-state index in [-0.39, 0.29) is 17.6 Å². The first kappa shape index (κ1) is 13.4. The van der Waals surface area contributed by atoms with Gasteiger partial charge in [0.05, 0.1) is 12.2 Å². The number of aryl methyl sites for hydroxylation is 1. The number of carbonyl (C=O) groups excluding carboxylic acids is 1. The van der Waals surface area contributed by atoms with Crippen molar-refractivity contribution in [2.75, 3.05) is 11.4 Å². The van der Waals surface area contributed by atoms with Gasteiger partial charge in [0, 0.05) is 17.8 Å². The van der Waals surface area contributed by atoms with Crippen LogP contribution in [-0.4, -0.2) is 23.5 Å². The Labute approximate surface area is 122 Å². The highest BCUT2D eigenvalue weighted by Crippen LogP contribution is 2.34. The number of aromatic amines is 1. The van der Waals surface area contributed by atoms with E-state index < -0.39 is 0 Å². The van der Waals surface area contributed by atoms with Gasteiger partial charge in [0.25, 0.3) is 5.91 Å². The van der Waals surface area contributed by atoms with Gasteiger partial charge in [-0.3, -0.25) is 9.59 Å². The van der Waals surface area contributed by atoms with Crippen molar-refractivity contribution in [3.63, 3.8) is 0 Å². The van der Waals surface area contributed by atoms with E-state index >= 15 is 0 Å². The quantitative estimate of drug-likeness (QED) is 0.872. The van der Waals surface area contributed by atoms with Gasteiger partial charge in [0.2, 0.25) is 5.56 Å². The minimum atomic E-state index is -0.286. The molecule has 1 aliphatic rings. The summed E-state index contributed by atoms with van der Waals surface area (Å²) in [5, 5.41) is 0. The van der Waals surface area contributed by atoms with E-state index in [0.717, 1.165) is 11.3 Å². The molecule has 1 N–H and O–H groups in total. The van der Waals surface area contributed by atoms with Crippen LogP contribution >= 0.6 is 0 Å². The average Bonchev–Trinajstić information content (AvgIpc) is 2.45. The molecule has 0 aliphatic carbocycles. The Morgan fingerprint density at radius 1 is 1.33 bits per heavy atom. The summed E-state index contributed by atoms with van der Waals surface area (Å²) in [5.74, 6) is 0.508. The van der Waals surface area contributed by atoms with Crippen molar-refractivity contribution in [1.29, 1.82) is 0 Å². The zero-order chi connectivity index (χ0) is 15.0. The number of nitrogens with one attached hydrogen (secondary N) is 1. The fourth-order valence-corrected chi connectivity index (χ4v) is 2.47. The molecular weight excluding hydrogens is 268 g/mol. The standard InChI is InChI=1S/C16H16N2O3/c1-10-3-4-13-14(7-10)21-11(2)9-18(13)16(20)12-5-6-17-15(19)8-12/h3-8,11H,9H2,1-2H3,(H,17,19). The largest absolute Gasteiger partial charge is 0.487 e. The van der Waals surface area contributed by atoms with Gasteiger partial charge in [-0.25, -0.2) is 0 Å². The van der Waals surface area contributed by atoms with Crippen LogP contribution in [0, 0.1) is 6.92 Å². The molecule has 1 aliphatic heterocycles. The molecular formula is C16H16N2O3. The minimum Gasteiger partial charge on any atom is -0.487 e. The topological polar surface area (TPSA) is 62.4 Å². The van der Waals surface area contributed by atoms with Crippen LogP contribution in [0.25, 0.3) is 0 Å².